The minimum atomic E-state index is -1.29. The Bertz CT molecular complexity index is 1060. The van der Waals surface area contributed by atoms with E-state index in [4.69, 9.17) is 10.5 Å². The van der Waals surface area contributed by atoms with Crippen molar-refractivity contribution in [1.82, 2.24) is 15.5 Å². The van der Waals surface area contributed by atoms with Gasteiger partial charge >= 0.3 is 6.09 Å². The van der Waals surface area contributed by atoms with Crippen molar-refractivity contribution in [2.24, 2.45) is 11.7 Å². The van der Waals surface area contributed by atoms with Gasteiger partial charge in [-0.15, -0.1) is 0 Å². The smallest absolute Gasteiger partial charge is 0.408 e. The lowest BCUT2D eigenvalue weighted by Gasteiger charge is -2.40. The third-order valence-electron chi connectivity index (χ3n) is 7.70. The molecule has 0 heterocycles. The summed E-state index contributed by atoms with van der Waals surface area (Å²) in [7, 11) is 0. The van der Waals surface area contributed by atoms with Crippen LogP contribution < -0.4 is 16.4 Å². The molecule has 230 valence electrons. The molecule has 1 fully saturated rings. The maximum absolute atomic E-state index is 14.4. The largest absolute Gasteiger partial charge is 0.444 e. The number of nitrogens with zero attached hydrogens (tertiary/aromatic N) is 1. The number of amides is 4. The molecule has 0 saturated heterocycles. The SMILES string of the molecule is Cc1cccc(C(C(=O)NC2CCCCC2)N(C(=O)C(CC(N)=O)NC(=O)OC(C)(C)C)C(C)CCC(C)C)c1C. The van der Waals surface area contributed by atoms with Gasteiger partial charge < -0.3 is 26.0 Å². The van der Waals surface area contributed by atoms with Gasteiger partial charge in [-0.05, 0) is 89.8 Å². The molecule has 9 nitrogen and oxygen atoms in total. The normalized spacial score (nSPS) is 16.4. The molecule has 41 heavy (non-hydrogen) atoms. The molecule has 9 heteroatoms. The summed E-state index contributed by atoms with van der Waals surface area (Å²) in [4.78, 5) is 55.1. The first-order valence-corrected chi connectivity index (χ1v) is 15.1. The molecular formula is C32H52N4O5. The highest BCUT2D eigenvalue weighted by atomic mass is 16.6. The monoisotopic (exact) mass is 572 g/mol. The Balaban J connectivity index is 2.62. The van der Waals surface area contributed by atoms with Crippen LogP contribution >= 0.6 is 0 Å². The molecule has 4 N–H and O–H groups in total. The third-order valence-corrected chi connectivity index (χ3v) is 7.70. The molecule has 3 unspecified atom stereocenters. The molecule has 1 saturated carbocycles. The van der Waals surface area contributed by atoms with Crippen molar-refractivity contribution in [2.45, 2.75) is 137 Å². The zero-order chi connectivity index (χ0) is 30.9. The number of benzene rings is 1. The van der Waals surface area contributed by atoms with E-state index in [2.05, 4.69) is 24.5 Å². The maximum atomic E-state index is 14.4. The average Bonchev–Trinajstić information content (AvgIpc) is 2.86. The van der Waals surface area contributed by atoms with Crippen LogP contribution in [0.5, 0.6) is 0 Å². The first-order chi connectivity index (χ1) is 19.1. The number of ether oxygens (including phenoxy) is 1. The molecule has 0 bridgehead atoms. The number of hydrogen-bond acceptors (Lipinski definition) is 5. The highest BCUT2D eigenvalue weighted by Gasteiger charge is 2.40. The number of nitrogens with one attached hydrogen (secondary N) is 2. The van der Waals surface area contributed by atoms with E-state index < -0.39 is 42.0 Å². The van der Waals surface area contributed by atoms with Gasteiger partial charge in [-0.3, -0.25) is 14.4 Å². The van der Waals surface area contributed by atoms with Crippen LogP contribution in [-0.4, -0.2) is 52.4 Å². The molecule has 0 aliphatic heterocycles. The van der Waals surface area contributed by atoms with Gasteiger partial charge in [-0.1, -0.05) is 51.3 Å². The molecular weight excluding hydrogens is 520 g/mol. The van der Waals surface area contributed by atoms with Crippen molar-refractivity contribution >= 4 is 23.8 Å². The van der Waals surface area contributed by atoms with E-state index in [1.54, 1.807) is 25.7 Å². The van der Waals surface area contributed by atoms with Gasteiger partial charge in [0.05, 0.1) is 6.42 Å². The summed E-state index contributed by atoms with van der Waals surface area (Å²) >= 11 is 0. The Morgan fingerprint density at radius 2 is 1.66 bits per heavy atom. The molecule has 1 aliphatic rings. The second-order valence-electron chi connectivity index (χ2n) is 13.0. The molecule has 1 aromatic rings. The van der Waals surface area contributed by atoms with Gasteiger partial charge in [0.25, 0.3) is 0 Å². The predicted molar refractivity (Wildman–Crippen MR) is 161 cm³/mol. The highest BCUT2D eigenvalue weighted by Crippen LogP contribution is 2.31. The van der Waals surface area contributed by atoms with Crippen LogP contribution in [0.25, 0.3) is 0 Å². The quantitative estimate of drug-likeness (QED) is 0.316. The summed E-state index contributed by atoms with van der Waals surface area (Å²) in [6, 6.07) is 3.16. The summed E-state index contributed by atoms with van der Waals surface area (Å²) in [5.41, 5.74) is 7.37. The van der Waals surface area contributed by atoms with Crippen LogP contribution in [0.4, 0.5) is 4.79 Å². The van der Waals surface area contributed by atoms with Crippen LogP contribution in [0.3, 0.4) is 0 Å². The summed E-state index contributed by atoms with van der Waals surface area (Å²) in [6.07, 6.45) is 5.25. The predicted octanol–water partition coefficient (Wildman–Crippen LogP) is 5.22. The van der Waals surface area contributed by atoms with E-state index >= 15 is 0 Å². The van der Waals surface area contributed by atoms with Crippen LogP contribution in [0, 0.1) is 19.8 Å². The van der Waals surface area contributed by atoms with E-state index in [9.17, 15) is 19.2 Å². The Morgan fingerprint density at radius 3 is 2.22 bits per heavy atom. The van der Waals surface area contributed by atoms with Crippen molar-refractivity contribution in [3.05, 3.63) is 34.9 Å². The van der Waals surface area contributed by atoms with Crippen LogP contribution in [-0.2, 0) is 19.1 Å². The van der Waals surface area contributed by atoms with E-state index in [0.717, 1.165) is 55.2 Å². The van der Waals surface area contributed by atoms with Crippen molar-refractivity contribution in [3.63, 3.8) is 0 Å². The fourth-order valence-corrected chi connectivity index (χ4v) is 5.36. The number of carbonyl (C=O) groups excluding carboxylic acids is 4. The second-order valence-corrected chi connectivity index (χ2v) is 13.0. The van der Waals surface area contributed by atoms with Gasteiger partial charge in [0.15, 0.2) is 0 Å². The fraction of sp³-hybridized carbons (Fsp3) is 0.688. The van der Waals surface area contributed by atoms with Gasteiger partial charge in [-0.2, -0.15) is 0 Å². The van der Waals surface area contributed by atoms with Gasteiger partial charge in [-0.25, -0.2) is 4.79 Å². The molecule has 2 rings (SSSR count). The van der Waals surface area contributed by atoms with E-state index in [0.29, 0.717) is 12.3 Å². The number of hydrogen-bond donors (Lipinski definition) is 3. The molecule has 0 radical (unpaired) electrons. The Kier molecular flexibility index (Phi) is 12.7. The third kappa shape index (κ3) is 10.7. The fourth-order valence-electron chi connectivity index (χ4n) is 5.36. The van der Waals surface area contributed by atoms with Crippen LogP contribution in [0.1, 0.15) is 116 Å². The Labute approximate surface area is 246 Å². The number of aryl methyl sites for hydroxylation is 1. The zero-order valence-corrected chi connectivity index (χ0v) is 26.3. The van der Waals surface area contributed by atoms with Gasteiger partial charge in [0.2, 0.25) is 17.7 Å². The molecule has 4 amide bonds. The maximum Gasteiger partial charge on any atom is 0.408 e. The average molecular weight is 573 g/mol. The summed E-state index contributed by atoms with van der Waals surface area (Å²) in [5.74, 6) is -1.17. The molecule has 0 spiro atoms. The second kappa shape index (κ2) is 15.2. The summed E-state index contributed by atoms with van der Waals surface area (Å²) < 4.78 is 5.39. The Morgan fingerprint density at radius 1 is 1.02 bits per heavy atom. The number of nitrogens with two attached hydrogens (primary N) is 1. The topological polar surface area (TPSA) is 131 Å². The van der Waals surface area contributed by atoms with Crippen molar-refractivity contribution in [1.29, 1.82) is 0 Å². The number of alkyl carbamates (subject to hydrolysis) is 1. The molecule has 1 aromatic carbocycles. The van der Waals surface area contributed by atoms with E-state index in [1.165, 1.54) is 0 Å². The molecule has 1 aliphatic carbocycles. The highest BCUT2D eigenvalue weighted by molar-refractivity contribution is 5.95. The first-order valence-electron chi connectivity index (χ1n) is 15.1. The van der Waals surface area contributed by atoms with Crippen LogP contribution in [0.2, 0.25) is 0 Å². The van der Waals surface area contributed by atoms with Crippen LogP contribution in [0.15, 0.2) is 18.2 Å². The number of rotatable bonds is 12. The molecule has 3 atom stereocenters. The minimum Gasteiger partial charge on any atom is -0.444 e. The Hall–Kier alpha value is -3.10. The lowest BCUT2D eigenvalue weighted by atomic mass is 9.91. The number of primary amides is 1. The van der Waals surface area contributed by atoms with Gasteiger partial charge in [0, 0.05) is 12.1 Å². The number of carbonyl (C=O) groups is 4. The minimum absolute atomic E-state index is 0.0353. The lowest BCUT2D eigenvalue weighted by Crippen LogP contribution is -2.57. The van der Waals surface area contributed by atoms with Crippen molar-refractivity contribution in [2.75, 3.05) is 0 Å². The van der Waals surface area contributed by atoms with Gasteiger partial charge in [0.1, 0.15) is 17.7 Å². The van der Waals surface area contributed by atoms with Crippen molar-refractivity contribution < 1.29 is 23.9 Å². The summed E-state index contributed by atoms with van der Waals surface area (Å²) in [6.45, 7) is 15.2. The standard InChI is InChI=1S/C32H52N4O5/c1-20(2)17-18-22(4)36(30(39)26(19-27(33)37)35-31(40)41-32(6,7)8)28(25-16-12-13-21(3)23(25)5)29(38)34-24-14-10-9-11-15-24/h12-13,16,20,22,24,26,28H,9-11,14-15,17-19H2,1-8H3,(H2,33,37)(H,34,38)(H,35,40). The van der Waals surface area contributed by atoms with Crippen molar-refractivity contribution in [3.8, 4) is 0 Å². The van der Waals surface area contributed by atoms with E-state index in [1.807, 2.05) is 39.0 Å². The molecule has 0 aromatic heterocycles. The first kappa shape index (κ1) is 34.1. The summed E-state index contributed by atoms with van der Waals surface area (Å²) in [5, 5.41) is 5.81. The lowest BCUT2D eigenvalue weighted by molar-refractivity contribution is -0.146. The zero-order valence-electron chi connectivity index (χ0n) is 26.3. The van der Waals surface area contributed by atoms with E-state index in [-0.39, 0.29) is 18.0 Å².